The molecule has 1 aromatic carbocycles. The third kappa shape index (κ3) is 2.37. The average molecular weight is 312 g/mol. The summed E-state index contributed by atoms with van der Waals surface area (Å²) in [5.74, 6) is 1.27. The highest BCUT2D eigenvalue weighted by molar-refractivity contribution is 9.10. The van der Waals surface area contributed by atoms with Crippen molar-refractivity contribution in [3.63, 3.8) is 0 Å². The van der Waals surface area contributed by atoms with Crippen LogP contribution >= 0.6 is 27.7 Å². The highest BCUT2D eigenvalue weighted by Crippen LogP contribution is 2.46. The van der Waals surface area contributed by atoms with E-state index in [1.807, 2.05) is 11.8 Å². The summed E-state index contributed by atoms with van der Waals surface area (Å²) in [6, 6.07) is 6.47. The molecular formula is C14H18BrNS. The molecule has 3 rings (SSSR count). The summed E-state index contributed by atoms with van der Waals surface area (Å²) >= 11 is 5.70. The molecule has 1 spiro atoms. The van der Waals surface area contributed by atoms with E-state index in [2.05, 4.69) is 39.4 Å². The largest absolute Gasteiger partial charge is 0.384 e. The maximum absolute atomic E-state index is 3.68. The fourth-order valence-electron chi connectivity index (χ4n) is 2.98. The predicted octanol–water partition coefficient (Wildman–Crippen LogP) is 4.92. The Labute approximate surface area is 116 Å². The molecule has 0 amide bonds. The summed E-state index contributed by atoms with van der Waals surface area (Å²) in [5, 5.41) is 3.68. The van der Waals surface area contributed by atoms with Crippen molar-refractivity contribution in [3.8, 4) is 0 Å². The second-order valence-electron chi connectivity index (χ2n) is 5.32. The van der Waals surface area contributed by atoms with Crippen molar-refractivity contribution in [1.82, 2.24) is 0 Å². The van der Waals surface area contributed by atoms with E-state index in [4.69, 9.17) is 0 Å². The lowest BCUT2D eigenvalue weighted by Crippen LogP contribution is -2.33. The van der Waals surface area contributed by atoms with E-state index in [1.165, 1.54) is 52.9 Å². The molecule has 0 aromatic heterocycles. The monoisotopic (exact) mass is 311 g/mol. The van der Waals surface area contributed by atoms with Crippen LogP contribution < -0.4 is 5.32 Å². The summed E-state index contributed by atoms with van der Waals surface area (Å²) < 4.78 is 1.24. The minimum absolute atomic E-state index is 0.543. The molecule has 0 bridgehead atoms. The van der Waals surface area contributed by atoms with E-state index in [1.54, 1.807) is 0 Å². The van der Waals surface area contributed by atoms with E-state index >= 15 is 0 Å². The molecule has 1 aliphatic heterocycles. The third-order valence-electron chi connectivity index (χ3n) is 4.06. The van der Waals surface area contributed by atoms with Gasteiger partial charge in [0.05, 0.1) is 0 Å². The Morgan fingerprint density at radius 3 is 2.82 bits per heavy atom. The SMILES string of the molecule is Brc1cccc2c1SCC1(CCCCC1)CN2. The summed E-state index contributed by atoms with van der Waals surface area (Å²) in [4.78, 5) is 1.40. The molecule has 92 valence electrons. The minimum Gasteiger partial charge on any atom is -0.384 e. The van der Waals surface area contributed by atoms with Gasteiger partial charge in [0.15, 0.2) is 0 Å². The summed E-state index contributed by atoms with van der Waals surface area (Å²) in [6.07, 6.45) is 7.07. The van der Waals surface area contributed by atoms with Crippen LogP contribution in [0.1, 0.15) is 32.1 Å². The highest BCUT2D eigenvalue weighted by atomic mass is 79.9. The van der Waals surface area contributed by atoms with Crippen LogP contribution in [-0.4, -0.2) is 12.3 Å². The zero-order valence-electron chi connectivity index (χ0n) is 9.97. The normalized spacial score (nSPS) is 22.6. The number of fused-ring (bicyclic) bond motifs is 1. The third-order valence-corrected chi connectivity index (χ3v) is 6.47. The summed E-state index contributed by atoms with van der Waals surface area (Å²) in [6.45, 7) is 1.16. The second kappa shape index (κ2) is 4.85. The lowest BCUT2D eigenvalue weighted by molar-refractivity contribution is 0.241. The standard InChI is InChI=1S/C14H18BrNS/c15-11-5-4-6-12-13(11)17-10-14(9-16-12)7-2-1-3-8-14/h4-6,16H,1-3,7-10H2. The Morgan fingerprint density at radius 1 is 1.18 bits per heavy atom. The van der Waals surface area contributed by atoms with Crippen LogP contribution in [0.2, 0.25) is 0 Å². The first kappa shape index (κ1) is 11.9. The molecule has 3 heteroatoms. The first-order chi connectivity index (χ1) is 8.29. The summed E-state index contributed by atoms with van der Waals surface area (Å²) in [5.41, 5.74) is 1.85. The van der Waals surface area contributed by atoms with Gasteiger partial charge < -0.3 is 5.32 Å². The lowest BCUT2D eigenvalue weighted by Gasteiger charge is -2.35. The van der Waals surface area contributed by atoms with Crippen LogP contribution in [0.3, 0.4) is 0 Å². The fraction of sp³-hybridized carbons (Fsp3) is 0.571. The van der Waals surface area contributed by atoms with Crippen molar-refractivity contribution in [2.75, 3.05) is 17.6 Å². The van der Waals surface area contributed by atoms with Gasteiger partial charge >= 0.3 is 0 Å². The van der Waals surface area contributed by atoms with Gasteiger partial charge in [-0.05, 0) is 46.3 Å². The maximum Gasteiger partial charge on any atom is 0.0490 e. The quantitative estimate of drug-likeness (QED) is 0.730. The Hall–Kier alpha value is -0.150. The number of hydrogen-bond donors (Lipinski definition) is 1. The molecule has 1 N–H and O–H groups in total. The van der Waals surface area contributed by atoms with Crippen LogP contribution in [0.5, 0.6) is 0 Å². The molecule has 17 heavy (non-hydrogen) atoms. The van der Waals surface area contributed by atoms with Gasteiger partial charge in [0.25, 0.3) is 0 Å². The molecule has 1 fully saturated rings. The van der Waals surface area contributed by atoms with Crippen LogP contribution in [0.4, 0.5) is 5.69 Å². The van der Waals surface area contributed by atoms with Crippen molar-refractivity contribution in [2.45, 2.75) is 37.0 Å². The van der Waals surface area contributed by atoms with Crippen molar-refractivity contribution in [3.05, 3.63) is 22.7 Å². The Morgan fingerprint density at radius 2 is 2.00 bits per heavy atom. The number of anilines is 1. The maximum atomic E-state index is 3.68. The molecule has 1 heterocycles. The lowest BCUT2D eigenvalue weighted by atomic mass is 9.75. The Kier molecular flexibility index (Phi) is 3.40. The van der Waals surface area contributed by atoms with Crippen LogP contribution in [0.15, 0.2) is 27.6 Å². The number of hydrogen-bond acceptors (Lipinski definition) is 2. The number of rotatable bonds is 0. The van der Waals surface area contributed by atoms with Gasteiger partial charge in [0.2, 0.25) is 0 Å². The minimum atomic E-state index is 0.543. The smallest absolute Gasteiger partial charge is 0.0490 e. The molecule has 1 aliphatic carbocycles. The number of halogens is 1. The van der Waals surface area contributed by atoms with Gasteiger partial charge in [-0.1, -0.05) is 25.3 Å². The topological polar surface area (TPSA) is 12.0 Å². The van der Waals surface area contributed by atoms with Gasteiger partial charge in [-0.3, -0.25) is 0 Å². The average Bonchev–Trinajstić information content (AvgIpc) is 2.53. The molecule has 0 saturated heterocycles. The van der Waals surface area contributed by atoms with Crippen molar-refractivity contribution < 1.29 is 0 Å². The molecule has 1 saturated carbocycles. The highest BCUT2D eigenvalue weighted by Gasteiger charge is 2.34. The first-order valence-corrected chi connectivity index (χ1v) is 8.22. The van der Waals surface area contributed by atoms with Gasteiger partial charge in [-0.15, -0.1) is 11.8 Å². The zero-order valence-corrected chi connectivity index (χ0v) is 12.4. The molecule has 1 nitrogen and oxygen atoms in total. The van der Waals surface area contributed by atoms with E-state index in [-0.39, 0.29) is 0 Å². The van der Waals surface area contributed by atoms with Gasteiger partial charge in [-0.2, -0.15) is 0 Å². The van der Waals surface area contributed by atoms with Gasteiger partial charge in [-0.25, -0.2) is 0 Å². The fourth-order valence-corrected chi connectivity index (χ4v) is 5.03. The molecule has 2 aliphatic rings. The Balaban J connectivity index is 1.85. The van der Waals surface area contributed by atoms with Crippen LogP contribution in [-0.2, 0) is 0 Å². The van der Waals surface area contributed by atoms with Crippen LogP contribution in [0, 0.1) is 5.41 Å². The molecule has 1 aromatic rings. The first-order valence-electron chi connectivity index (χ1n) is 6.44. The van der Waals surface area contributed by atoms with Gasteiger partial charge in [0.1, 0.15) is 0 Å². The molecule has 0 unspecified atom stereocenters. The molecule has 0 atom stereocenters. The number of thioether (sulfide) groups is 1. The van der Waals surface area contributed by atoms with E-state index in [0.717, 1.165) is 6.54 Å². The molecular weight excluding hydrogens is 294 g/mol. The van der Waals surface area contributed by atoms with Crippen molar-refractivity contribution in [2.24, 2.45) is 5.41 Å². The molecule has 0 radical (unpaired) electrons. The van der Waals surface area contributed by atoms with E-state index in [0.29, 0.717) is 5.41 Å². The number of benzene rings is 1. The van der Waals surface area contributed by atoms with Gasteiger partial charge in [0, 0.05) is 27.4 Å². The second-order valence-corrected chi connectivity index (χ2v) is 7.16. The van der Waals surface area contributed by atoms with Crippen molar-refractivity contribution in [1.29, 1.82) is 0 Å². The van der Waals surface area contributed by atoms with E-state index in [9.17, 15) is 0 Å². The summed E-state index contributed by atoms with van der Waals surface area (Å²) in [7, 11) is 0. The van der Waals surface area contributed by atoms with Crippen molar-refractivity contribution >= 4 is 33.4 Å². The number of nitrogens with one attached hydrogen (secondary N) is 1. The zero-order chi connectivity index (χ0) is 11.7. The Bertz CT molecular complexity index is 413. The predicted molar refractivity (Wildman–Crippen MR) is 78.9 cm³/mol. The van der Waals surface area contributed by atoms with E-state index < -0.39 is 0 Å². The van der Waals surface area contributed by atoms with Crippen LogP contribution in [0.25, 0.3) is 0 Å².